The van der Waals surface area contributed by atoms with Crippen molar-refractivity contribution < 1.29 is 52.1 Å². The van der Waals surface area contributed by atoms with Gasteiger partial charge in [-0.2, -0.15) is 0 Å². The minimum Gasteiger partial charge on any atom is -0.398 e. The Morgan fingerprint density at radius 3 is 0.673 bits per heavy atom. The number of aryl methyl sites for hydroxylation is 5. The molecule has 35 heteroatoms. The van der Waals surface area contributed by atoms with E-state index in [2.05, 4.69) is 24.9 Å². The molecular weight excluding hydrogens is 1530 g/mol. The van der Waals surface area contributed by atoms with Gasteiger partial charge in [0, 0.05) is 85.7 Å². The predicted octanol–water partition coefficient (Wildman–Crippen LogP) is 9.02. The number of carbonyl (C=O) groups excluding carboxylic acids is 10. The number of halogens is 5. The van der Waals surface area contributed by atoms with E-state index in [-0.39, 0.29) is 208 Å². The number of ketones is 10. The van der Waals surface area contributed by atoms with Gasteiger partial charge in [-0.25, -0.2) is 24.9 Å². The molecule has 30 nitrogen and oxygen atoms in total. The number of anilines is 5. The van der Waals surface area contributed by atoms with Crippen LogP contribution < -0.4 is 56.5 Å². The second-order valence-corrected chi connectivity index (χ2v) is 28.9. The molecule has 5 aliphatic rings. The monoisotopic (exact) mass is 1600 g/mol. The lowest BCUT2D eigenvalue weighted by Crippen LogP contribution is -2.36. The lowest BCUT2D eigenvalue weighted by molar-refractivity contribution is -0.133. The van der Waals surface area contributed by atoms with E-state index in [4.69, 9.17) is 90.8 Å². The van der Waals surface area contributed by atoms with Crippen molar-refractivity contribution in [2.75, 3.05) is 28.7 Å². The molecule has 15 rings (SSSR count). The Balaban J connectivity index is 0.000000139. The quantitative estimate of drug-likeness (QED) is 0.0792. The van der Waals surface area contributed by atoms with Crippen molar-refractivity contribution >= 4 is 199 Å². The maximum atomic E-state index is 12.9. The largest absolute Gasteiger partial charge is 0.398 e. The molecule has 0 bridgehead atoms. The summed E-state index contributed by atoms with van der Waals surface area (Å²) in [6.45, 7) is 7.93. The van der Waals surface area contributed by atoms with Gasteiger partial charge in [0.25, 0.3) is 27.8 Å². The highest BCUT2D eigenvalue weighted by molar-refractivity contribution is 6.33. The molecule has 0 saturated heterocycles. The molecule has 5 aliphatic carbocycles. The van der Waals surface area contributed by atoms with E-state index in [1.165, 1.54) is 78.4 Å². The lowest BCUT2D eigenvalue weighted by atomic mass is 9.92. The molecule has 0 amide bonds. The number of benzene rings is 5. The summed E-state index contributed by atoms with van der Waals surface area (Å²) in [5.74, 6) is -1.71. The molecule has 5 heterocycles. The van der Waals surface area contributed by atoms with Crippen molar-refractivity contribution in [2.45, 2.75) is 161 Å². The maximum Gasteiger partial charge on any atom is 0.264 e. The first-order valence-electron chi connectivity index (χ1n) is 35.6. The van der Waals surface area contributed by atoms with Gasteiger partial charge in [0.1, 0.15) is 58.0 Å². The molecule has 5 atom stereocenters. The van der Waals surface area contributed by atoms with E-state index in [0.29, 0.717) is 77.2 Å². The number of Topliss-reactive ketones (excluding diaryl/α,β-unsaturated/α-hetero) is 10. The van der Waals surface area contributed by atoms with E-state index in [0.717, 1.165) is 13.7 Å². The third kappa shape index (κ3) is 16.3. The SMILES string of the molecule is Cc1nc2cc(Cl)cc(N)c2c(=O)n1[C@@H]1CCC(=O)CC1=O.Cc1nc2cc(Cl)cc(N)c2c(=O)n1[C@H]1CCC(=O)CC1=O.[2H]C1(n2c(C)nc3cc(Cl)cc(N)c3c2=O)CCC(=O)CC1=O.[2H][C@@]1(n2c(C)nc3cc(Cl)cc(N)c3c2=O)CCC(=O)CC1=O.[2H][C@]1(n2c(C)nc3cc(Cl)cc(N)c3c2=O)CCC(=O)CC1=O. The summed E-state index contributed by atoms with van der Waals surface area (Å²) < 4.78 is 31.2. The van der Waals surface area contributed by atoms with Gasteiger partial charge in [-0.3, -0.25) is 94.8 Å². The van der Waals surface area contributed by atoms with Gasteiger partial charge in [0.05, 0.1) is 121 Å². The first-order valence-corrected chi connectivity index (χ1v) is 36.0. The first-order chi connectivity index (χ1) is 53.0. The molecule has 0 spiro atoms. The van der Waals surface area contributed by atoms with Crippen LogP contribution in [0.1, 0.15) is 160 Å². The van der Waals surface area contributed by atoms with Crippen molar-refractivity contribution in [1.82, 2.24) is 47.8 Å². The molecule has 1 unspecified atom stereocenters. The highest BCUT2D eigenvalue weighted by atomic mass is 35.5. The zero-order chi connectivity index (χ0) is 82.8. The fourth-order valence-corrected chi connectivity index (χ4v) is 15.2. The minimum absolute atomic E-state index is 0.0495. The third-order valence-corrected chi connectivity index (χ3v) is 20.1. The number of nitrogens with zero attached hydrogens (tertiary/aromatic N) is 10. The zero-order valence-corrected chi connectivity index (χ0v) is 63.2. The average Bonchev–Trinajstić information content (AvgIpc) is 0.744. The van der Waals surface area contributed by atoms with Gasteiger partial charge in [-0.15, -0.1) is 0 Å². The topological polar surface area (TPSA) is 475 Å². The smallest absolute Gasteiger partial charge is 0.264 e. The molecule has 5 saturated carbocycles. The van der Waals surface area contributed by atoms with Crippen LogP contribution in [-0.2, 0) is 47.9 Å². The van der Waals surface area contributed by atoms with E-state index in [9.17, 15) is 71.9 Å². The normalized spacial score (nSPS) is 21.3. The van der Waals surface area contributed by atoms with Gasteiger partial charge in [0.15, 0.2) is 28.9 Å². The fourth-order valence-electron chi connectivity index (χ4n) is 14.1. The minimum atomic E-state index is -1.83. The van der Waals surface area contributed by atoms with E-state index in [1.807, 2.05) is 0 Å². The van der Waals surface area contributed by atoms with E-state index < -0.39 is 64.2 Å². The van der Waals surface area contributed by atoms with Crippen LogP contribution in [0.15, 0.2) is 84.6 Å². The Morgan fingerprint density at radius 2 is 0.473 bits per heavy atom. The second-order valence-electron chi connectivity index (χ2n) is 26.7. The van der Waals surface area contributed by atoms with Crippen LogP contribution in [0.2, 0.25) is 25.1 Å². The van der Waals surface area contributed by atoms with Crippen molar-refractivity contribution in [3.8, 4) is 0 Å². The number of fused-ring (bicyclic) bond motifs is 5. The molecule has 5 aromatic heterocycles. The van der Waals surface area contributed by atoms with Crippen LogP contribution >= 0.6 is 58.0 Å². The van der Waals surface area contributed by atoms with Crippen LogP contribution in [0.3, 0.4) is 0 Å². The summed E-state index contributed by atoms with van der Waals surface area (Å²) in [7, 11) is 0. The van der Waals surface area contributed by atoms with Crippen molar-refractivity contribution in [2.24, 2.45) is 0 Å². The number of rotatable bonds is 5. The third-order valence-electron chi connectivity index (χ3n) is 19.0. The maximum absolute atomic E-state index is 12.9. The molecule has 10 N–H and O–H groups in total. The lowest BCUT2D eigenvalue weighted by Gasteiger charge is -2.24. The van der Waals surface area contributed by atoms with Gasteiger partial charge < -0.3 is 28.7 Å². The summed E-state index contributed by atoms with van der Waals surface area (Å²) in [5, 5.41) is 2.70. The summed E-state index contributed by atoms with van der Waals surface area (Å²) in [6.07, 6.45) is 0.00100. The van der Waals surface area contributed by atoms with Crippen molar-refractivity contribution in [1.29, 1.82) is 0 Å². The number of nitrogens with two attached hydrogens (primary N) is 5. The molecule has 570 valence electrons. The summed E-state index contributed by atoms with van der Waals surface area (Å²) in [4.78, 5) is 204. The second kappa shape index (κ2) is 32.3. The van der Waals surface area contributed by atoms with Crippen molar-refractivity contribution in [3.05, 3.63) is 167 Å². The number of hydrogen-bond acceptors (Lipinski definition) is 25. The molecule has 5 aromatic carbocycles. The zero-order valence-electron chi connectivity index (χ0n) is 62.4. The van der Waals surface area contributed by atoms with Crippen LogP contribution in [0.4, 0.5) is 28.4 Å². The standard InChI is InChI=1S/5C15H14ClN3O3/c5*1-7-18-11-5-8(16)4-10(17)14(11)15(22)19(7)12-3-2-9(20)6-13(12)21/h5*4-5,12H,2-3,6,17H2,1H3/t4*12-;/m1100./s1/i12D;;12D;;12D. The highest BCUT2D eigenvalue weighted by Crippen LogP contribution is 2.34. The molecule has 0 aliphatic heterocycles. The van der Waals surface area contributed by atoms with Gasteiger partial charge in [-0.05, 0) is 127 Å². The Labute approximate surface area is 651 Å². The Morgan fingerprint density at radius 1 is 0.291 bits per heavy atom. The van der Waals surface area contributed by atoms with Gasteiger partial charge in [0.2, 0.25) is 0 Å². The Hall–Kier alpha value is -11.1. The van der Waals surface area contributed by atoms with Crippen LogP contribution in [-0.4, -0.2) is 106 Å². The number of carbonyl (C=O) groups is 10. The van der Waals surface area contributed by atoms with Crippen molar-refractivity contribution in [3.63, 3.8) is 0 Å². The average molecular weight is 1600 g/mol. The highest BCUT2D eigenvalue weighted by Gasteiger charge is 2.37. The van der Waals surface area contributed by atoms with E-state index >= 15 is 0 Å². The fraction of sp³-hybridized carbons (Fsp3) is 0.333. The first kappa shape index (κ1) is 75.7. The van der Waals surface area contributed by atoms with Gasteiger partial charge >= 0.3 is 0 Å². The molecule has 5 fully saturated rings. The molecular formula is C75H70Cl5N15O15. The number of nitrogen functional groups attached to an aromatic ring is 5. The molecule has 10 aromatic rings. The predicted molar refractivity (Wildman–Crippen MR) is 415 cm³/mol. The van der Waals surface area contributed by atoms with Gasteiger partial charge in [-0.1, -0.05) is 58.0 Å². The van der Waals surface area contributed by atoms with Crippen LogP contribution in [0.5, 0.6) is 0 Å². The summed E-state index contributed by atoms with van der Waals surface area (Å²) in [6, 6.07) is 8.11. The summed E-state index contributed by atoms with van der Waals surface area (Å²) in [5.41, 5.74) is 29.6. The van der Waals surface area contributed by atoms with E-state index in [1.54, 1.807) is 26.0 Å². The number of aromatic nitrogens is 10. The number of hydrogen-bond donors (Lipinski definition) is 5. The summed E-state index contributed by atoms with van der Waals surface area (Å²) >= 11 is 29.7. The molecule has 110 heavy (non-hydrogen) atoms. The Kier molecular flexibility index (Phi) is 22.2. The molecule has 0 radical (unpaired) electrons. The van der Waals surface area contributed by atoms with Crippen LogP contribution in [0.25, 0.3) is 54.5 Å². The Bertz CT molecular complexity index is 5740. The van der Waals surface area contributed by atoms with Crippen LogP contribution in [0, 0.1) is 34.6 Å².